The largest absolute Gasteiger partial charge is 0.505 e. The van der Waals surface area contributed by atoms with Gasteiger partial charge in [0.05, 0.1) is 20.1 Å². The third kappa shape index (κ3) is 3.04. The number of benzene rings is 2. The van der Waals surface area contributed by atoms with Gasteiger partial charge >= 0.3 is 0 Å². The summed E-state index contributed by atoms with van der Waals surface area (Å²) in [5.74, 6) is -0.306. The van der Waals surface area contributed by atoms with Gasteiger partial charge < -0.3 is 10.2 Å². The van der Waals surface area contributed by atoms with E-state index < -0.39 is 5.41 Å². The van der Waals surface area contributed by atoms with E-state index in [1.807, 2.05) is 13.8 Å². The van der Waals surface area contributed by atoms with Crippen LogP contribution < -0.4 is 0 Å². The Kier molecular flexibility index (Phi) is 4.55. The summed E-state index contributed by atoms with van der Waals surface area (Å²) in [5.41, 5.74) is 1.04. The Hall–Kier alpha value is -0.800. The van der Waals surface area contributed by atoms with Crippen LogP contribution in [0, 0.1) is 0 Å². The fraction of sp³-hybridized carbons (Fsp3) is 0.200. The molecule has 0 saturated heterocycles. The van der Waals surface area contributed by atoms with Crippen LogP contribution in [-0.4, -0.2) is 10.2 Å². The van der Waals surface area contributed by atoms with E-state index in [2.05, 4.69) is 0 Å². The van der Waals surface area contributed by atoms with Gasteiger partial charge in [-0.1, -0.05) is 60.3 Å². The van der Waals surface area contributed by atoms with Gasteiger partial charge in [-0.15, -0.1) is 0 Å². The lowest BCUT2D eigenvalue weighted by Gasteiger charge is -2.27. The predicted molar refractivity (Wildman–Crippen MR) is 88.4 cm³/mol. The van der Waals surface area contributed by atoms with Crippen LogP contribution in [0.3, 0.4) is 0 Å². The van der Waals surface area contributed by atoms with Gasteiger partial charge in [-0.25, -0.2) is 0 Å². The van der Waals surface area contributed by atoms with Gasteiger partial charge in [-0.2, -0.15) is 0 Å². The predicted octanol–water partition coefficient (Wildman–Crippen LogP) is 6.04. The zero-order valence-electron chi connectivity index (χ0n) is 11.2. The Balaban J connectivity index is 2.61. The summed E-state index contributed by atoms with van der Waals surface area (Å²) in [6.07, 6.45) is 0. The Labute approximate surface area is 142 Å². The molecular formula is C15H12Cl4O2. The monoisotopic (exact) mass is 364 g/mol. The van der Waals surface area contributed by atoms with Crippen LogP contribution in [-0.2, 0) is 5.41 Å². The van der Waals surface area contributed by atoms with E-state index in [1.165, 1.54) is 0 Å². The van der Waals surface area contributed by atoms with Crippen molar-refractivity contribution in [3.63, 3.8) is 0 Å². The standard InChI is InChI=1S/C15H12Cl4O2/c1-15(2,7-3-9(16)13(20)10(17)4-7)8-5-11(18)14(21)12(19)6-8/h3-6,20-21H,1-2H3. The molecule has 0 aliphatic rings. The highest BCUT2D eigenvalue weighted by Gasteiger charge is 2.27. The SMILES string of the molecule is CC(C)(c1cc(Cl)c(O)c(Cl)c1)c1cc(Cl)c(O)c(Cl)c1. The Morgan fingerprint density at radius 3 is 1.14 bits per heavy atom. The van der Waals surface area contributed by atoms with E-state index in [0.717, 1.165) is 11.1 Å². The molecule has 0 unspecified atom stereocenters. The van der Waals surface area contributed by atoms with Crippen molar-refractivity contribution in [2.75, 3.05) is 0 Å². The molecule has 0 radical (unpaired) electrons. The third-order valence-electron chi connectivity index (χ3n) is 3.48. The quantitative estimate of drug-likeness (QED) is 0.681. The van der Waals surface area contributed by atoms with Crippen molar-refractivity contribution in [2.24, 2.45) is 0 Å². The minimum absolute atomic E-state index is 0.153. The van der Waals surface area contributed by atoms with E-state index in [-0.39, 0.29) is 31.6 Å². The molecule has 2 nitrogen and oxygen atoms in total. The molecule has 0 fully saturated rings. The molecule has 112 valence electrons. The highest BCUT2D eigenvalue weighted by Crippen LogP contribution is 2.42. The van der Waals surface area contributed by atoms with Crippen LogP contribution in [0.1, 0.15) is 25.0 Å². The minimum Gasteiger partial charge on any atom is -0.505 e. The average molecular weight is 366 g/mol. The van der Waals surface area contributed by atoms with E-state index >= 15 is 0 Å². The molecule has 6 heteroatoms. The maximum absolute atomic E-state index is 9.65. The Bertz CT molecular complexity index is 605. The van der Waals surface area contributed by atoms with Crippen LogP contribution in [0.2, 0.25) is 20.1 Å². The lowest BCUT2D eigenvalue weighted by molar-refractivity contribution is 0.474. The number of hydrogen-bond donors (Lipinski definition) is 2. The summed E-state index contributed by atoms with van der Waals surface area (Å²) in [6.45, 7) is 3.87. The van der Waals surface area contributed by atoms with Crippen LogP contribution in [0.25, 0.3) is 0 Å². The first kappa shape index (κ1) is 16.6. The van der Waals surface area contributed by atoms with Crippen LogP contribution in [0.15, 0.2) is 24.3 Å². The van der Waals surface area contributed by atoms with Crippen molar-refractivity contribution < 1.29 is 10.2 Å². The van der Waals surface area contributed by atoms with Crippen LogP contribution in [0.4, 0.5) is 0 Å². The molecular weight excluding hydrogens is 354 g/mol. The highest BCUT2D eigenvalue weighted by atomic mass is 35.5. The van der Waals surface area contributed by atoms with Gasteiger partial charge in [0.15, 0.2) is 11.5 Å². The molecule has 2 aromatic rings. The highest BCUT2D eigenvalue weighted by molar-refractivity contribution is 6.37. The van der Waals surface area contributed by atoms with Gasteiger partial charge in [0.25, 0.3) is 0 Å². The van der Waals surface area contributed by atoms with E-state index in [1.54, 1.807) is 24.3 Å². The molecule has 0 heterocycles. The summed E-state index contributed by atoms with van der Waals surface area (Å²) < 4.78 is 0. The number of aromatic hydroxyl groups is 2. The first-order chi connectivity index (χ1) is 9.64. The second-order valence-corrected chi connectivity index (χ2v) is 6.83. The number of halogens is 4. The first-order valence-electron chi connectivity index (χ1n) is 6.01. The van der Waals surface area contributed by atoms with E-state index in [9.17, 15) is 10.2 Å². The molecule has 0 amide bonds. The molecule has 0 spiro atoms. The first-order valence-corrected chi connectivity index (χ1v) is 7.52. The summed E-state index contributed by atoms with van der Waals surface area (Å²) in [7, 11) is 0. The topological polar surface area (TPSA) is 40.5 Å². The minimum atomic E-state index is -0.526. The number of rotatable bonds is 2. The molecule has 2 aromatic carbocycles. The van der Waals surface area contributed by atoms with Crippen LogP contribution in [0.5, 0.6) is 11.5 Å². The zero-order chi connectivity index (χ0) is 15.9. The number of phenolic OH excluding ortho intramolecular Hbond substituents is 2. The molecule has 21 heavy (non-hydrogen) atoms. The molecule has 2 rings (SSSR count). The van der Waals surface area contributed by atoms with Crippen molar-refractivity contribution >= 4 is 46.4 Å². The normalized spacial score (nSPS) is 11.7. The van der Waals surface area contributed by atoms with Gasteiger partial charge in [-0.3, -0.25) is 0 Å². The molecule has 0 saturated carbocycles. The fourth-order valence-corrected chi connectivity index (χ4v) is 2.99. The number of hydrogen-bond acceptors (Lipinski definition) is 2. The fourth-order valence-electron chi connectivity index (χ4n) is 2.02. The molecule has 2 N–H and O–H groups in total. The van der Waals surface area contributed by atoms with E-state index in [0.29, 0.717) is 0 Å². The average Bonchev–Trinajstić information content (AvgIpc) is 2.40. The number of phenols is 2. The maximum Gasteiger partial charge on any atom is 0.152 e. The van der Waals surface area contributed by atoms with Gasteiger partial charge in [0.1, 0.15) is 0 Å². The van der Waals surface area contributed by atoms with Crippen molar-refractivity contribution in [3.8, 4) is 11.5 Å². The lowest BCUT2D eigenvalue weighted by Crippen LogP contribution is -2.19. The van der Waals surface area contributed by atoms with E-state index in [4.69, 9.17) is 46.4 Å². The summed E-state index contributed by atoms with van der Waals surface area (Å²) in [4.78, 5) is 0. The zero-order valence-corrected chi connectivity index (χ0v) is 14.2. The Morgan fingerprint density at radius 2 is 0.905 bits per heavy atom. The second-order valence-electron chi connectivity index (χ2n) is 5.20. The molecule has 0 bridgehead atoms. The van der Waals surface area contributed by atoms with Gasteiger partial charge in [0, 0.05) is 5.41 Å². The van der Waals surface area contributed by atoms with Crippen LogP contribution >= 0.6 is 46.4 Å². The van der Waals surface area contributed by atoms with Gasteiger partial charge in [0.2, 0.25) is 0 Å². The third-order valence-corrected chi connectivity index (χ3v) is 4.63. The summed E-state index contributed by atoms with van der Waals surface area (Å²) in [5, 5.41) is 20.0. The smallest absolute Gasteiger partial charge is 0.152 e. The maximum atomic E-state index is 9.65. The van der Waals surface area contributed by atoms with Gasteiger partial charge in [-0.05, 0) is 35.4 Å². The van der Waals surface area contributed by atoms with Crippen molar-refractivity contribution in [2.45, 2.75) is 19.3 Å². The van der Waals surface area contributed by atoms with Crippen molar-refractivity contribution in [1.82, 2.24) is 0 Å². The summed E-state index contributed by atoms with van der Waals surface area (Å²) in [6, 6.07) is 6.55. The molecule has 0 aliphatic carbocycles. The Morgan fingerprint density at radius 1 is 0.667 bits per heavy atom. The molecule has 0 aliphatic heterocycles. The molecule has 0 aromatic heterocycles. The summed E-state index contributed by atoms with van der Waals surface area (Å²) >= 11 is 23.9. The second kappa shape index (κ2) is 5.77. The van der Waals surface area contributed by atoms with Crippen molar-refractivity contribution in [1.29, 1.82) is 0 Å². The molecule has 0 atom stereocenters. The van der Waals surface area contributed by atoms with Crippen molar-refractivity contribution in [3.05, 3.63) is 55.5 Å². The lowest BCUT2D eigenvalue weighted by atomic mass is 9.78.